The summed E-state index contributed by atoms with van der Waals surface area (Å²) in [6.07, 6.45) is 2.68. The summed E-state index contributed by atoms with van der Waals surface area (Å²) in [5, 5.41) is 8.89. The van der Waals surface area contributed by atoms with Gasteiger partial charge in [0.15, 0.2) is 0 Å². The van der Waals surface area contributed by atoms with Crippen LogP contribution in [0.15, 0.2) is 16.7 Å². The molecule has 1 fully saturated rings. The van der Waals surface area contributed by atoms with E-state index in [2.05, 4.69) is 4.90 Å². The maximum absolute atomic E-state index is 10.8. The molecule has 88 valence electrons. The zero-order valence-electron chi connectivity index (χ0n) is 9.18. The smallest absolute Gasteiger partial charge is 0.372 e. The first kappa shape index (κ1) is 11.2. The van der Waals surface area contributed by atoms with Crippen molar-refractivity contribution in [3.05, 3.63) is 23.7 Å². The maximum atomic E-state index is 10.8. The van der Waals surface area contributed by atoms with Crippen molar-refractivity contribution in [1.82, 2.24) is 4.90 Å². The molecule has 2 heterocycles. The van der Waals surface area contributed by atoms with Crippen LogP contribution in [0.1, 0.15) is 22.5 Å². The van der Waals surface area contributed by atoms with Crippen molar-refractivity contribution in [3.63, 3.8) is 0 Å². The van der Waals surface area contributed by atoms with Crippen LogP contribution in [0, 0.1) is 0 Å². The largest absolute Gasteiger partial charge is 0.475 e. The predicted octanol–water partition coefficient (Wildman–Crippen LogP) is 1.20. The molecule has 1 aromatic rings. The van der Waals surface area contributed by atoms with Crippen LogP contribution < -0.4 is 0 Å². The summed E-state index contributed by atoms with van der Waals surface area (Å²) in [7, 11) is 1.70. The lowest BCUT2D eigenvalue weighted by molar-refractivity contribution is 0.0659. The van der Waals surface area contributed by atoms with Crippen LogP contribution in [-0.2, 0) is 11.3 Å². The summed E-state index contributed by atoms with van der Waals surface area (Å²) in [5.41, 5.74) is 0.726. The van der Waals surface area contributed by atoms with Gasteiger partial charge in [0.05, 0.1) is 12.4 Å². The van der Waals surface area contributed by atoms with Crippen molar-refractivity contribution in [1.29, 1.82) is 0 Å². The number of nitrogens with zero attached hydrogens (tertiary/aromatic N) is 1. The van der Waals surface area contributed by atoms with Gasteiger partial charge in [-0.2, -0.15) is 0 Å². The predicted molar refractivity (Wildman–Crippen MR) is 56.4 cm³/mol. The first-order chi connectivity index (χ1) is 7.70. The van der Waals surface area contributed by atoms with Gasteiger partial charge < -0.3 is 14.3 Å². The highest BCUT2D eigenvalue weighted by atomic mass is 16.5. The maximum Gasteiger partial charge on any atom is 0.372 e. The molecular weight excluding hydrogens is 210 g/mol. The molecule has 0 bridgehead atoms. The number of hydrogen-bond donors (Lipinski definition) is 1. The van der Waals surface area contributed by atoms with E-state index in [1.807, 2.05) is 0 Å². The van der Waals surface area contributed by atoms with Crippen LogP contribution in [0.3, 0.4) is 0 Å². The number of hydrogen-bond acceptors (Lipinski definition) is 4. The summed E-state index contributed by atoms with van der Waals surface area (Å²) in [6.45, 7) is 2.39. The van der Waals surface area contributed by atoms with E-state index in [1.165, 1.54) is 6.26 Å². The Morgan fingerprint density at radius 1 is 1.75 bits per heavy atom. The molecule has 0 aromatic carbocycles. The van der Waals surface area contributed by atoms with E-state index >= 15 is 0 Å². The van der Waals surface area contributed by atoms with Crippen molar-refractivity contribution in [2.24, 2.45) is 0 Å². The molecular formula is C11H15NO4. The lowest BCUT2D eigenvalue weighted by Gasteiger charge is -2.14. The average Bonchev–Trinajstić information content (AvgIpc) is 2.87. The van der Waals surface area contributed by atoms with Gasteiger partial charge in [0, 0.05) is 32.3 Å². The van der Waals surface area contributed by atoms with Crippen molar-refractivity contribution >= 4 is 5.97 Å². The van der Waals surface area contributed by atoms with Gasteiger partial charge in [0.25, 0.3) is 0 Å². The number of carboxylic acids is 1. The molecule has 0 spiro atoms. The first-order valence-electron chi connectivity index (χ1n) is 5.25. The standard InChI is InChI=1S/C11H15NO4/c1-15-9-2-4-12(7-9)6-8-3-5-16-10(8)11(13)14/h3,5,9H,2,4,6-7H2,1H3,(H,13,14). The summed E-state index contributed by atoms with van der Waals surface area (Å²) >= 11 is 0. The van der Waals surface area contributed by atoms with E-state index in [-0.39, 0.29) is 11.9 Å². The van der Waals surface area contributed by atoms with Crippen LogP contribution in [0.25, 0.3) is 0 Å². The SMILES string of the molecule is COC1CCN(Cc2ccoc2C(=O)O)C1. The number of furan rings is 1. The Bertz CT molecular complexity index is 374. The molecule has 0 saturated carbocycles. The second-order valence-corrected chi connectivity index (χ2v) is 3.96. The van der Waals surface area contributed by atoms with Gasteiger partial charge in [-0.25, -0.2) is 4.79 Å². The molecule has 1 aromatic heterocycles. The minimum atomic E-state index is -1.01. The average molecular weight is 225 g/mol. The first-order valence-corrected chi connectivity index (χ1v) is 5.25. The molecule has 1 saturated heterocycles. The third-order valence-corrected chi connectivity index (χ3v) is 2.90. The van der Waals surface area contributed by atoms with Gasteiger partial charge in [0.2, 0.25) is 5.76 Å². The van der Waals surface area contributed by atoms with Crippen LogP contribution in [0.2, 0.25) is 0 Å². The monoisotopic (exact) mass is 225 g/mol. The highest BCUT2D eigenvalue weighted by molar-refractivity contribution is 5.86. The topological polar surface area (TPSA) is 62.9 Å². The summed E-state index contributed by atoms with van der Waals surface area (Å²) < 4.78 is 10.2. The number of carboxylic acid groups (broad SMARTS) is 1. The second kappa shape index (κ2) is 4.67. The summed E-state index contributed by atoms with van der Waals surface area (Å²) in [6, 6.07) is 1.71. The number of methoxy groups -OCH3 is 1. The normalized spacial score (nSPS) is 21.4. The van der Waals surface area contributed by atoms with E-state index in [1.54, 1.807) is 13.2 Å². The van der Waals surface area contributed by atoms with Gasteiger partial charge in [-0.1, -0.05) is 0 Å². The van der Waals surface area contributed by atoms with Gasteiger partial charge in [-0.3, -0.25) is 4.90 Å². The highest BCUT2D eigenvalue weighted by Crippen LogP contribution is 2.18. The van der Waals surface area contributed by atoms with Crippen LogP contribution in [0.4, 0.5) is 0 Å². The molecule has 0 amide bonds. The van der Waals surface area contributed by atoms with Crippen molar-refractivity contribution in [2.75, 3.05) is 20.2 Å². The molecule has 1 unspecified atom stereocenters. The number of aromatic carboxylic acids is 1. The molecule has 5 nitrogen and oxygen atoms in total. The lowest BCUT2D eigenvalue weighted by Crippen LogP contribution is -2.23. The fourth-order valence-electron chi connectivity index (χ4n) is 2.02. The molecule has 16 heavy (non-hydrogen) atoms. The fourth-order valence-corrected chi connectivity index (χ4v) is 2.02. The van der Waals surface area contributed by atoms with E-state index < -0.39 is 5.97 Å². The highest BCUT2D eigenvalue weighted by Gasteiger charge is 2.24. The van der Waals surface area contributed by atoms with Gasteiger partial charge >= 0.3 is 5.97 Å². The van der Waals surface area contributed by atoms with Crippen LogP contribution >= 0.6 is 0 Å². The Morgan fingerprint density at radius 3 is 3.19 bits per heavy atom. The summed E-state index contributed by atoms with van der Waals surface area (Å²) in [4.78, 5) is 13.0. The van der Waals surface area contributed by atoms with E-state index in [0.717, 1.165) is 25.1 Å². The molecule has 1 N–H and O–H groups in total. The molecule has 1 aliphatic rings. The third-order valence-electron chi connectivity index (χ3n) is 2.90. The molecule has 1 atom stereocenters. The van der Waals surface area contributed by atoms with Crippen molar-refractivity contribution in [2.45, 2.75) is 19.1 Å². The zero-order valence-corrected chi connectivity index (χ0v) is 9.18. The van der Waals surface area contributed by atoms with Gasteiger partial charge in [-0.05, 0) is 12.5 Å². The molecule has 1 aliphatic heterocycles. The second-order valence-electron chi connectivity index (χ2n) is 3.96. The number of rotatable bonds is 4. The molecule has 2 rings (SSSR count). The van der Waals surface area contributed by atoms with Gasteiger partial charge in [-0.15, -0.1) is 0 Å². The Balaban J connectivity index is 1.99. The Morgan fingerprint density at radius 2 is 2.56 bits per heavy atom. The Kier molecular flexibility index (Phi) is 3.26. The Labute approximate surface area is 93.6 Å². The van der Waals surface area contributed by atoms with E-state index in [9.17, 15) is 4.79 Å². The Hall–Kier alpha value is -1.33. The van der Waals surface area contributed by atoms with Crippen LogP contribution in [0.5, 0.6) is 0 Å². The van der Waals surface area contributed by atoms with E-state index in [0.29, 0.717) is 6.54 Å². The van der Waals surface area contributed by atoms with Crippen molar-refractivity contribution < 1.29 is 19.1 Å². The lowest BCUT2D eigenvalue weighted by atomic mass is 10.2. The molecule has 0 radical (unpaired) electrons. The summed E-state index contributed by atoms with van der Waals surface area (Å²) in [5.74, 6) is -0.969. The number of likely N-dealkylation sites (tertiary alicyclic amines) is 1. The number of ether oxygens (including phenoxy) is 1. The quantitative estimate of drug-likeness (QED) is 0.834. The third kappa shape index (κ3) is 2.25. The molecule has 5 heteroatoms. The van der Waals surface area contributed by atoms with E-state index in [4.69, 9.17) is 14.3 Å². The number of carbonyl (C=O) groups is 1. The zero-order chi connectivity index (χ0) is 11.5. The van der Waals surface area contributed by atoms with Gasteiger partial charge in [0.1, 0.15) is 0 Å². The van der Waals surface area contributed by atoms with Crippen molar-refractivity contribution in [3.8, 4) is 0 Å². The minimum absolute atomic E-state index is 0.0425. The fraction of sp³-hybridized carbons (Fsp3) is 0.545. The van der Waals surface area contributed by atoms with Crippen LogP contribution in [-0.4, -0.2) is 42.3 Å². The minimum Gasteiger partial charge on any atom is -0.475 e. The molecule has 0 aliphatic carbocycles.